The van der Waals surface area contributed by atoms with Gasteiger partial charge in [-0.15, -0.1) is 0 Å². The van der Waals surface area contributed by atoms with Crippen LogP contribution in [-0.2, 0) is 9.47 Å². The summed E-state index contributed by atoms with van der Waals surface area (Å²) < 4.78 is 11.3. The fourth-order valence-electron chi connectivity index (χ4n) is 2.91. The van der Waals surface area contributed by atoms with Crippen molar-refractivity contribution >= 4 is 6.09 Å². The Labute approximate surface area is 114 Å². The third-order valence-corrected chi connectivity index (χ3v) is 3.74. The first-order valence-electron chi connectivity index (χ1n) is 6.80. The summed E-state index contributed by atoms with van der Waals surface area (Å²) in [6, 6.07) is 0.178. The first kappa shape index (κ1) is 14.6. The van der Waals surface area contributed by atoms with E-state index < -0.39 is 5.60 Å². The van der Waals surface area contributed by atoms with Gasteiger partial charge in [-0.1, -0.05) is 0 Å². The molecule has 2 aliphatic rings. The van der Waals surface area contributed by atoms with Crippen molar-refractivity contribution in [1.82, 2.24) is 9.80 Å². The molecule has 2 unspecified atom stereocenters. The van der Waals surface area contributed by atoms with E-state index in [9.17, 15) is 4.79 Å². The number of nitrogens with zero attached hydrogens (tertiary/aromatic N) is 2. The van der Waals surface area contributed by atoms with Gasteiger partial charge in [-0.3, -0.25) is 4.90 Å². The van der Waals surface area contributed by atoms with Crippen LogP contribution >= 0.6 is 0 Å². The molecule has 0 aromatic carbocycles. The van der Waals surface area contributed by atoms with E-state index in [-0.39, 0.29) is 17.7 Å². The van der Waals surface area contributed by atoms with Crippen LogP contribution < -0.4 is 5.73 Å². The average molecular weight is 271 g/mol. The zero-order valence-corrected chi connectivity index (χ0v) is 12.3. The third kappa shape index (κ3) is 2.85. The SMILES string of the molecule is CN1CC2(CN(C(=O)OC(C)(C)C)CCO2)C1CN. The largest absolute Gasteiger partial charge is 0.444 e. The number of likely N-dealkylation sites (N-methyl/N-ethyl adjacent to an activating group) is 1. The fraction of sp³-hybridized carbons (Fsp3) is 0.923. The number of nitrogens with two attached hydrogens (primary N) is 1. The van der Waals surface area contributed by atoms with Crippen molar-refractivity contribution in [2.24, 2.45) is 5.73 Å². The molecule has 6 nitrogen and oxygen atoms in total. The molecule has 6 heteroatoms. The fourth-order valence-corrected chi connectivity index (χ4v) is 2.91. The lowest BCUT2D eigenvalue weighted by Crippen LogP contribution is -2.77. The first-order chi connectivity index (χ1) is 8.77. The number of hydrogen-bond acceptors (Lipinski definition) is 5. The molecule has 2 saturated heterocycles. The molecule has 2 N–H and O–H groups in total. The molecule has 0 aromatic heterocycles. The molecule has 0 radical (unpaired) electrons. The van der Waals surface area contributed by atoms with Crippen molar-refractivity contribution in [2.75, 3.05) is 39.8 Å². The molecule has 0 saturated carbocycles. The van der Waals surface area contributed by atoms with Gasteiger partial charge in [0.25, 0.3) is 0 Å². The average Bonchev–Trinajstić information content (AvgIpc) is 2.27. The summed E-state index contributed by atoms with van der Waals surface area (Å²) in [5, 5.41) is 0. The van der Waals surface area contributed by atoms with Gasteiger partial charge in [0.2, 0.25) is 0 Å². The van der Waals surface area contributed by atoms with Gasteiger partial charge in [-0.2, -0.15) is 0 Å². The van der Waals surface area contributed by atoms with Gasteiger partial charge in [0.05, 0.1) is 19.2 Å². The molecule has 2 rings (SSSR count). The zero-order chi connectivity index (χ0) is 14.3. The summed E-state index contributed by atoms with van der Waals surface area (Å²) in [7, 11) is 2.03. The standard InChI is InChI=1S/C13H25N3O3/c1-12(2,3)19-11(17)16-5-6-18-13(9-16)8-15(4)10(13)7-14/h10H,5-9,14H2,1-4H3. The first-order valence-corrected chi connectivity index (χ1v) is 6.80. The lowest BCUT2D eigenvalue weighted by atomic mass is 9.82. The minimum absolute atomic E-state index is 0.178. The van der Waals surface area contributed by atoms with Gasteiger partial charge in [-0.25, -0.2) is 4.79 Å². The number of rotatable bonds is 1. The molecule has 110 valence electrons. The quantitative estimate of drug-likeness (QED) is 0.741. The highest BCUT2D eigenvalue weighted by atomic mass is 16.6. The summed E-state index contributed by atoms with van der Waals surface area (Å²) in [6.45, 7) is 8.67. The van der Waals surface area contributed by atoms with Crippen LogP contribution in [0.1, 0.15) is 20.8 Å². The molecule has 0 bridgehead atoms. The number of morpholine rings is 1. The second-order valence-electron chi connectivity index (χ2n) is 6.48. The Kier molecular flexibility index (Phi) is 3.77. The highest BCUT2D eigenvalue weighted by Gasteiger charge is 2.54. The van der Waals surface area contributed by atoms with E-state index in [1.165, 1.54) is 0 Å². The Morgan fingerprint density at radius 3 is 2.68 bits per heavy atom. The van der Waals surface area contributed by atoms with Crippen LogP contribution in [0.4, 0.5) is 4.79 Å². The van der Waals surface area contributed by atoms with E-state index in [2.05, 4.69) is 4.90 Å². The van der Waals surface area contributed by atoms with Gasteiger partial charge in [0.1, 0.15) is 11.2 Å². The van der Waals surface area contributed by atoms with Gasteiger partial charge < -0.3 is 20.1 Å². The number of carbonyl (C=O) groups excluding carboxylic acids is 1. The summed E-state index contributed by atoms with van der Waals surface area (Å²) in [6.07, 6.45) is -0.263. The van der Waals surface area contributed by atoms with Crippen LogP contribution in [0.3, 0.4) is 0 Å². The normalized spacial score (nSPS) is 32.3. The molecular formula is C13H25N3O3. The van der Waals surface area contributed by atoms with Crippen molar-refractivity contribution in [3.63, 3.8) is 0 Å². The van der Waals surface area contributed by atoms with Gasteiger partial charge >= 0.3 is 6.09 Å². The van der Waals surface area contributed by atoms with Gasteiger partial charge in [0, 0.05) is 19.6 Å². The molecule has 2 heterocycles. The highest BCUT2D eigenvalue weighted by Crippen LogP contribution is 2.34. The topological polar surface area (TPSA) is 68.0 Å². The molecule has 1 amide bonds. The van der Waals surface area contributed by atoms with E-state index in [0.717, 1.165) is 6.54 Å². The van der Waals surface area contributed by atoms with Gasteiger partial charge in [-0.05, 0) is 27.8 Å². The van der Waals surface area contributed by atoms with Crippen LogP contribution in [0.5, 0.6) is 0 Å². The van der Waals surface area contributed by atoms with E-state index >= 15 is 0 Å². The Hall–Kier alpha value is -0.850. The summed E-state index contributed by atoms with van der Waals surface area (Å²) in [4.78, 5) is 16.0. The maximum atomic E-state index is 12.1. The van der Waals surface area contributed by atoms with Crippen LogP contribution in [-0.4, -0.2) is 73.0 Å². The number of amides is 1. The predicted molar refractivity (Wildman–Crippen MR) is 72.0 cm³/mol. The summed E-state index contributed by atoms with van der Waals surface area (Å²) >= 11 is 0. The summed E-state index contributed by atoms with van der Waals surface area (Å²) in [5.74, 6) is 0. The molecule has 2 atom stereocenters. The van der Waals surface area contributed by atoms with Crippen LogP contribution in [0.25, 0.3) is 0 Å². The zero-order valence-electron chi connectivity index (χ0n) is 12.3. The van der Waals surface area contributed by atoms with Crippen LogP contribution in [0.15, 0.2) is 0 Å². The van der Waals surface area contributed by atoms with Crippen molar-refractivity contribution in [3.05, 3.63) is 0 Å². The minimum Gasteiger partial charge on any atom is -0.444 e. The molecular weight excluding hydrogens is 246 g/mol. The van der Waals surface area contributed by atoms with E-state index in [4.69, 9.17) is 15.2 Å². The lowest BCUT2D eigenvalue weighted by Gasteiger charge is -2.58. The smallest absolute Gasteiger partial charge is 0.410 e. The molecule has 0 aromatic rings. The number of ether oxygens (including phenoxy) is 2. The van der Waals surface area contributed by atoms with E-state index in [0.29, 0.717) is 26.2 Å². The molecule has 0 aliphatic carbocycles. The molecule has 2 fully saturated rings. The van der Waals surface area contributed by atoms with Crippen molar-refractivity contribution < 1.29 is 14.3 Å². The monoisotopic (exact) mass is 271 g/mol. The van der Waals surface area contributed by atoms with E-state index in [1.807, 2.05) is 27.8 Å². The summed E-state index contributed by atoms with van der Waals surface area (Å²) in [5.41, 5.74) is 5.02. The number of carbonyl (C=O) groups is 1. The molecule has 19 heavy (non-hydrogen) atoms. The Morgan fingerprint density at radius 2 is 2.16 bits per heavy atom. The molecule has 2 aliphatic heterocycles. The van der Waals surface area contributed by atoms with Crippen LogP contribution in [0.2, 0.25) is 0 Å². The second kappa shape index (κ2) is 4.92. The van der Waals surface area contributed by atoms with Crippen molar-refractivity contribution in [1.29, 1.82) is 0 Å². The maximum Gasteiger partial charge on any atom is 0.410 e. The minimum atomic E-state index is -0.466. The predicted octanol–water partition coefficient (Wildman–Crippen LogP) is 0.265. The lowest BCUT2D eigenvalue weighted by molar-refractivity contribution is -0.208. The number of likely N-dealkylation sites (tertiary alicyclic amines) is 1. The molecule has 1 spiro atoms. The third-order valence-electron chi connectivity index (χ3n) is 3.74. The highest BCUT2D eigenvalue weighted by molar-refractivity contribution is 5.68. The van der Waals surface area contributed by atoms with Crippen molar-refractivity contribution in [2.45, 2.75) is 38.0 Å². The van der Waals surface area contributed by atoms with Crippen LogP contribution in [0, 0.1) is 0 Å². The van der Waals surface area contributed by atoms with Gasteiger partial charge in [0.15, 0.2) is 0 Å². The Morgan fingerprint density at radius 1 is 1.47 bits per heavy atom. The van der Waals surface area contributed by atoms with E-state index in [1.54, 1.807) is 4.90 Å². The number of hydrogen-bond donors (Lipinski definition) is 1. The Bertz CT molecular complexity index is 352. The Balaban J connectivity index is 2.00. The maximum absolute atomic E-state index is 12.1. The second-order valence-corrected chi connectivity index (χ2v) is 6.48. The van der Waals surface area contributed by atoms with Crippen molar-refractivity contribution in [3.8, 4) is 0 Å².